The molecule has 106 valence electrons. The molecule has 0 aromatic carbocycles. The molecule has 2 aliphatic rings. The van der Waals surface area contributed by atoms with Gasteiger partial charge < -0.3 is 4.90 Å². The van der Waals surface area contributed by atoms with Crippen LogP contribution in [0.25, 0.3) is 0 Å². The predicted molar refractivity (Wildman–Crippen MR) is 87.8 cm³/mol. The van der Waals surface area contributed by atoms with Crippen LogP contribution in [0.15, 0.2) is 0 Å². The molecule has 2 radical (unpaired) electrons. The van der Waals surface area contributed by atoms with Crippen molar-refractivity contribution in [1.82, 2.24) is 4.90 Å². The highest BCUT2D eigenvalue weighted by Crippen LogP contribution is 2.45. The molecule has 1 aliphatic heterocycles. The summed E-state index contributed by atoms with van der Waals surface area (Å²) in [7, 11) is 8.50. The first-order valence-corrected chi connectivity index (χ1v) is 8.36. The van der Waals surface area contributed by atoms with Crippen LogP contribution in [0.5, 0.6) is 0 Å². The van der Waals surface area contributed by atoms with Crippen molar-refractivity contribution in [2.45, 2.75) is 64.6 Å². The maximum absolute atomic E-state index is 6.33. The minimum absolute atomic E-state index is 0.386. The summed E-state index contributed by atoms with van der Waals surface area (Å²) in [4.78, 5) is 3.52. The van der Waals surface area contributed by atoms with Crippen molar-refractivity contribution in [1.29, 1.82) is 0 Å². The van der Waals surface area contributed by atoms with Crippen LogP contribution in [0.3, 0.4) is 0 Å². The van der Waals surface area contributed by atoms with Crippen molar-refractivity contribution < 1.29 is 0 Å². The van der Waals surface area contributed by atoms with E-state index in [1.807, 2.05) is 0 Å². The standard InChI is InChI=1S/C16H28BNS/c1-4-16(2)10-12-8-9-18(3)15(19)14(12)7-5-6-13(17)11-16/h12-14H,4-11H2,1-3H3. The van der Waals surface area contributed by atoms with E-state index in [1.54, 1.807) is 0 Å². The first-order valence-electron chi connectivity index (χ1n) is 7.96. The van der Waals surface area contributed by atoms with E-state index in [2.05, 4.69) is 25.8 Å². The average molecular weight is 277 g/mol. The van der Waals surface area contributed by atoms with Crippen LogP contribution in [-0.2, 0) is 0 Å². The first-order chi connectivity index (χ1) is 8.95. The molecular weight excluding hydrogens is 249 g/mol. The van der Waals surface area contributed by atoms with Crippen LogP contribution in [0, 0.1) is 17.3 Å². The van der Waals surface area contributed by atoms with Crippen LogP contribution in [0.4, 0.5) is 0 Å². The van der Waals surface area contributed by atoms with Gasteiger partial charge in [0.2, 0.25) is 0 Å². The monoisotopic (exact) mass is 277 g/mol. The Hall–Kier alpha value is -0.0451. The lowest BCUT2D eigenvalue weighted by Crippen LogP contribution is -2.43. The minimum Gasteiger partial charge on any atom is -0.369 e. The highest BCUT2D eigenvalue weighted by Gasteiger charge is 2.37. The number of thiocarbonyl (C=S) groups is 1. The Morgan fingerprint density at radius 3 is 2.74 bits per heavy atom. The van der Waals surface area contributed by atoms with E-state index in [-0.39, 0.29) is 0 Å². The van der Waals surface area contributed by atoms with Crippen LogP contribution in [0.1, 0.15) is 58.8 Å². The maximum atomic E-state index is 6.33. The molecule has 0 amide bonds. The molecule has 1 heterocycles. The third kappa shape index (κ3) is 3.54. The third-order valence-corrected chi connectivity index (χ3v) is 6.17. The van der Waals surface area contributed by atoms with Gasteiger partial charge >= 0.3 is 0 Å². The van der Waals surface area contributed by atoms with Gasteiger partial charge in [-0.25, -0.2) is 0 Å². The summed E-state index contributed by atoms with van der Waals surface area (Å²) in [6.07, 6.45) is 8.73. The van der Waals surface area contributed by atoms with E-state index >= 15 is 0 Å². The zero-order valence-electron chi connectivity index (χ0n) is 12.8. The van der Waals surface area contributed by atoms with Crippen molar-refractivity contribution >= 4 is 25.1 Å². The fraction of sp³-hybridized carbons (Fsp3) is 0.938. The SMILES string of the molecule is [B]C1CCCC2C(=S)N(C)CCC2CC(C)(CC)C1. The van der Waals surface area contributed by atoms with Gasteiger partial charge in [0.1, 0.15) is 0 Å². The van der Waals surface area contributed by atoms with Crippen molar-refractivity contribution in [2.24, 2.45) is 17.3 Å². The number of nitrogens with zero attached hydrogens (tertiary/aromatic N) is 1. The average Bonchev–Trinajstić information content (AvgIpc) is 2.42. The van der Waals surface area contributed by atoms with Gasteiger partial charge in [-0.2, -0.15) is 0 Å². The molecule has 1 nitrogen and oxygen atoms in total. The summed E-state index contributed by atoms with van der Waals surface area (Å²) >= 11 is 5.71. The van der Waals surface area contributed by atoms with Gasteiger partial charge in [-0.1, -0.05) is 57.6 Å². The van der Waals surface area contributed by atoms with E-state index in [0.717, 1.165) is 12.5 Å². The molecule has 1 aliphatic carbocycles. The van der Waals surface area contributed by atoms with Gasteiger partial charge in [0.25, 0.3) is 0 Å². The molecule has 1 saturated carbocycles. The highest BCUT2D eigenvalue weighted by molar-refractivity contribution is 7.80. The first kappa shape index (κ1) is 15.3. The maximum Gasteiger partial charge on any atom is 0.0810 e. The zero-order valence-corrected chi connectivity index (χ0v) is 13.6. The molecule has 2 fully saturated rings. The smallest absolute Gasteiger partial charge is 0.0810 e. The molecule has 0 spiro atoms. The summed E-state index contributed by atoms with van der Waals surface area (Å²) < 4.78 is 0. The largest absolute Gasteiger partial charge is 0.369 e. The normalized spacial score (nSPS) is 41.1. The second kappa shape index (κ2) is 6.16. The van der Waals surface area contributed by atoms with Gasteiger partial charge in [0.15, 0.2) is 0 Å². The molecule has 4 atom stereocenters. The second-order valence-electron chi connectivity index (χ2n) is 7.18. The Labute approximate surface area is 125 Å². The molecule has 0 N–H and O–H groups in total. The molecule has 0 aromatic heterocycles. The van der Waals surface area contributed by atoms with E-state index in [4.69, 9.17) is 20.1 Å². The van der Waals surface area contributed by atoms with Crippen LogP contribution < -0.4 is 0 Å². The second-order valence-corrected chi connectivity index (χ2v) is 7.60. The molecule has 19 heavy (non-hydrogen) atoms. The quantitative estimate of drug-likeness (QED) is 0.521. The molecule has 3 heteroatoms. The summed E-state index contributed by atoms with van der Waals surface area (Å²) in [5.74, 6) is 1.81. The van der Waals surface area contributed by atoms with Crippen LogP contribution in [-0.4, -0.2) is 31.3 Å². The van der Waals surface area contributed by atoms with Gasteiger partial charge in [0, 0.05) is 19.5 Å². The molecule has 4 unspecified atom stereocenters. The Morgan fingerprint density at radius 2 is 2.05 bits per heavy atom. The minimum atomic E-state index is 0.386. The third-order valence-electron chi connectivity index (χ3n) is 5.55. The number of rotatable bonds is 1. The Bertz CT molecular complexity index is 333. The lowest BCUT2D eigenvalue weighted by atomic mass is 9.66. The Morgan fingerprint density at radius 1 is 1.32 bits per heavy atom. The molecule has 2 rings (SSSR count). The predicted octanol–water partition coefficient (Wildman–Crippen LogP) is 4.22. The molecule has 1 saturated heterocycles. The summed E-state index contributed by atoms with van der Waals surface area (Å²) in [6, 6.07) is 0. The zero-order chi connectivity index (χ0) is 14.0. The Balaban J connectivity index is 2.18. The van der Waals surface area contributed by atoms with E-state index in [9.17, 15) is 0 Å². The summed E-state index contributed by atoms with van der Waals surface area (Å²) in [5, 5.41) is 0. The van der Waals surface area contributed by atoms with Crippen molar-refractivity contribution in [3.63, 3.8) is 0 Å². The summed E-state index contributed by atoms with van der Waals surface area (Å²) in [6.45, 7) is 5.91. The summed E-state index contributed by atoms with van der Waals surface area (Å²) in [5.41, 5.74) is 0.415. The van der Waals surface area contributed by atoms with Crippen molar-refractivity contribution in [3.05, 3.63) is 0 Å². The van der Waals surface area contributed by atoms with Crippen LogP contribution >= 0.6 is 12.2 Å². The number of fused-ring (bicyclic) bond motifs is 1. The topological polar surface area (TPSA) is 3.24 Å². The fourth-order valence-electron chi connectivity index (χ4n) is 4.10. The van der Waals surface area contributed by atoms with E-state index in [0.29, 0.717) is 17.2 Å². The van der Waals surface area contributed by atoms with Gasteiger partial charge in [-0.05, 0) is 30.6 Å². The van der Waals surface area contributed by atoms with Crippen LogP contribution in [0.2, 0.25) is 5.82 Å². The lowest BCUT2D eigenvalue weighted by Gasteiger charge is -2.42. The molecule has 0 aromatic rings. The fourth-order valence-corrected chi connectivity index (χ4v) is 4.50. The number of piperidine rings is 1. The van der Waals surface area contributed by atoms with Crippen molar-refractivity contribution in [2.75, 3.05) is 13.6 Å². The number of likely N-dealkylation sites (tertiary alicyclic amines) is 1. The molecular formula is C16H28BNS. The van der Waals surface area contributed by atoms with Gasteiger partial charge in [0.05, 0.1) is 12.8 Å². The Kier molecular flexibility index (Phi) is 4.97. The molecule has 0 bridgehead atoms. The number of hydrogen-bond donors (Lipinski definition) is 0. The van der Waals surface area contributed by atoms with Gasteiger partial charge in [-0.15, -0.1) is 0 Å². The number of hydrogen-bond acceptors (Lipinski definition) is 1. The van der Waals surface area contributed by atoms with E-state index < -0.39 is 0 Å². The van der Waals surface area contributed by atoms with E-state index in [1.165, 1.54) is 49.9 Å². The van der Waals surface area contributed by atoms with Crippen molar-refractivity contribution in [3.8, 4) is 0 Å². The van der Waals surface area contributed by atoms with Gasteiger partial charge in [-0.3, -0.25) is 0 Å². The highest BCUT2D eigenvalue weighted by atomic mass is 32.1. The lowest BCUT2D eigenvalue weighted by molar-refractivity contribution is 0.163.